The predicted octanol–water partition coefficient (Wildman–Crippen LogP) is 3.40. The number of para-hydroxylation sites is 1. The lowest BCUT2D eigenvalue weighted by molar-refractivity contribution is -0.116. The van der Waals surface area contributed by atoms with Crippen LogP contribution in [0.3, 0.4) is 0 Å². The summed E-state index contributed by atoms with van der Waals surface area (Å²) in [5.41, 5.74) is 2.34. The van der Waals surface area contributed by atoms with Crippen LogP contribution in [-0.2, 0) is 11.3 Å². The van der Waals surface area contributed by atoms with Gasteiger partial charge in [-0.25, -0.2) is 0 Å². The third-order valence-electron chi connectivity index (χ3n) is 3.75. The molecule has 0 aliphatic heterocycles. The van der Waals surface area contributed by atoms with Gasteiger partial charge in [0.25, 0.3) is 5.56 Å². The summed E-state index contributed by atoms with van der Waals surface area (Å²) in [6.07, 6.45) is 0.170. The number of carbonyl (C=O) groups excluding carboxylic acids is 1. The molecule has 3 aromatic rings. The first-order chi connectivity index (χ1) is 11.5. The molecule has 2 N–H and O–H groups in total. The smallest absolute Gasteiger partial charge is 0.262 e. The number of rotatable bonds is 4. The van der Waals surface area contributed by atoms with E-state index in [-0.39, 0.29) is 24.4 Å². The van der Waals surface area contributed by atoms with Crippen LogP contribution >= 0.6 is 12.2 Å². The maximum absolute atomic E-state index is 12.5. The molecule has 0 unspecified atom stereocenters. The maximum Gasteiger partial charge on any atom is 0.262 e. The standard InChI is InChI=1S/C18H17N3O2S/c1-12-5-4-6-13(11-12)19-16(22)9-10-21-17(23)14-7-2-3-8-15(14)20-18(21)24/h2-8,11H,9-10H2,1H3,(H,19,22)(H,20,24). The Morgan fingerprint density at radius 2 is 2.00 bits per heavy atom. The fraction of sp³-hybridized carbons (Fsp3) is 0.167. The Morgan fingerprint density at radius 1 is 1.21 bits per heavy atom. The quantitative estimate of drug-likeness (QED) is 0.716. The Hall–Kier alpha value is -2.73. The van der Waals surface area contributed by atoms with Gasteiger partial charge in [-0.15, -0.1) is 0 Å². The first-order valence-corrected chi connectivity index (χ1v) is 8.04. The Bertz CT molecular complexity index is 1020. The van der Waals surface area contributed by atoms with E-state index >= 15 is 0 Å². The van der Waals surface area contributed by atoms with Crippen LogP contribution in [0.25, 0.3) is 10.9 Å². The van der Waals surface area contributed by atoms with E-state index in [4.69, 9.17) is 12.2 Å². The highest BCUT2D eigenvalue weighted by Gasteiger charge is 2.08. The minimum atomic E-state index is -0.183. The van der Waals surface area contributed by atoms with Crippen molar-refractivity contribution in [2.75, 3.05) is 5.32 Å². The van der Waals surface area contributed by atoms with E-state index in [0.717, 1.165) is 11.3 Å². The van der Waals surface area contributed by atoms with Crippen LogP contribution in [0.2, 0.25) is 0 Å². The van der Waals surface area contributed by atoms with Gasteiger partial charge in [0.05, 0.1) is 10.9 Å². The normalized spacial score (nSPS) is 10.7. The third-order valence-corrected chi connectivity index (χ3v) is 4.08. The number of carbonyl (C=O) groups is 1. The number of aryl methyl sites for hydroxylation is 1. The van der Waals surface area contributed by atoms with Crippen molar-refractivity contribution in [2.24, 2.45) is 0 Å². The molecule has 24 heavy (non-hydrogen) atoms. The first-order valence-electron chi connectivity index (χ1n) is 7.63. The van der Waals surface area contributed by atoms with Crippen molar-refractivity contribution in [3.63, 3.8) is 0 Å². The molecule has 0 saturated carbocycles. The van der Waals surface area contributed by atoms with Gasteiger partial charge in [-0.1, -0.05) is 24.3 Å². The summed E-state index contributed by atoms with van der Waals surface area (Å²) in [5.74, 6) is -0.157. The molecule has 1 aromatic heterocycles. The molecule has 0 bridgehead atoms. The topological polar surface area (TPSA) is 66.9 Å². The van der Waals surface area contributed by atoms with Gasteiger partial charge in [0.1, 0.15) is 0 Å². The molecule has 0 fully saturated rings. The van der Waals surface area contributed by atoms with Crippen molar-refractivity contribution in [3.05, 3.63) is 69.2 Å². The average molecular weight is 339 g/mol. The summed E-state index contributed by atoms with van der Waals surface area (Å²) >= 11 is 5.24. The number of hydrogen-bond acceptors (Lipinski definition) is 3. The van der Waals surface area contributed by atoms with E-state index in [1.807, 2.05) is 37.3 Å². The van der Waals surface area contributed by atoms with E-state index < -0.39 is 0 Å². The number of anilines is 1. The lowest BCUT2D eigenvalue weighted by Crippen LogP contribution is -2.25. The summed E-state index contributed by atoms with van der Waals surface area (Å²) in [7, 11) is 0. The number of hydrogen-bond donors (Lipinski definition) is 2. The molecule has 0 aliphatic carbocycles. The lowest BCUT2D eigenvalue weighted by atomic mass is 10.2. The van der Waals surface area contributed by atoms with E-state index in [1.165, 1.54) is 4.57 Å². The van der Waals surface area contributed by atoms with Gasteiger partial charge in [-0.2, -0.15) is 0 Å². The van der Waals surface area contributed by atoms with Crippen LogP contribution in [-0.4, -0.2) is 15.5 Å². The first kappa shape index (κ1) is 16.1. The fourth-order valence-electron chi connectivity index (χ4n) is 2.56. The summed E-state index contributed by atoms with van der Waals surface area (Å²) in [4.78, 5) is 27.6. The molecule has 1 amide bonds. The van der Waals surface area contributed by atoms with Crippen molar-refractivity contribution in [1.82, 2.24) is 9.55 Å². The van der Waals surface area contributed by atoms with Gasteiger partial charge in [0.2, 0.25) is 5.91 Å². The highest BCUT2D eigenvalue weighted by molar-refractivity contribution is 7.71. The van der Waals surface area contributed by atoms with Crippen molar-refractivity contribution in [2.45, 2.75) is 19.9 Å². The molecule has 0 spiro atoms. The second-order valence-electron chi connectivity index (χ2n) is 5.60. The van der Waals surface area contributed by atoms with Crippen LogP contribution in [0.15, 0.2) is 53.3 Å². The Morgan fingerprint density at radius 3 is 2.79 bits per heavy atom. The Kier molecular flexibility index (Phi) is 4.57. The van der Waals surface area contributed by atoms with Gasteiger partial charge in [0, 0.05) is 18.7 Å². The maximum atomic E-state index is 12.5. The number of H-pyrrole nitrogens is 1. The molecular weight excluding hydrogens is 322 g/mol. The molecule has 0 aliphatic rings. The van der Waals surface area contributed by atoms with Gasteiger partial charge in [-0.3, -0.25) is 14.2 Å². The molecule has 3 rings (SSSR count). The lowest BCUT2D eigenvalue weighted by Gasteiger charge is -2.09. The predicted molar refractivity (Wildman–Crippen MR) is 97.8 cm³/mol. The number of aromatic nitrogens is 2. The van der Waals surface area contributed by atoms with Crippen molar-refractivity contribution in [3.8, 4) is 0 Å². The monoisotopic (exact) mass is 339 g/mol. The third kappa shape index (κ3) is 3.44. The second-order valence-corrected chi connectivity index (χ2v) is 5.99. The largest absolute Gasteiger partial charge is 0.332 e. The van der Waals surface area contributed by atoms with Gasteiger partial charge in [0.15, 0.2) is 4.77 Å². The van der Waals surface area contributed by atoms with E-state index in [9.17, 15) is 9.59 Å². The minimum Gasteiger partial charge on any atom is -0.332 e. The molecule has 122 valence electrons. The molecule has 6 heteroatoms. The molecule has 0 saturated heterocycles. The van der Waals surface area contributed by atoms with Crippen molar-refractivity contribution in [1.29, 1.82) is 0 Å². The van der Waals surface area contributed by atoms with Gasteiger partial charge < -0.3 is 10.3 Å². The van der Waals surface area contributed by atoms with Crippen molar-refractivity contribution < 1.29 is 4.79 Å². The number of benzene rings is 2. The second kappa shape index (κ2) is 6.80. The zero-order chi connectivity index (χ0) is 17.1. The SMILES string of the molecule is Cc1cccc(NC(=O)CCn2c(=S)[nH]c3ccccc3c2=O)c1. The summed E-state index contributed by atoms with van der Waals surface area (Å²) in [6, 6.07) is 14.8. The highest BCUT2D eigenvalue weighted by atomic mass is 32.1. The zero-order valence-electron chi connectivity index (χ0n) is 13.2. The molecule has 0 radical (unpaired) electrons. The average Bonchev–Trinajstić information content (AvgIpc) is 2.54. The molecule has 0 atom stereocenters. The fourth-order valence-corrected chi connectivity index (χ4v) is 2.85. The summed E-state index contributed by atoms with van der Waals surface area (Å²) in [6.45, 7) is 2.19. The van der Waals surface area contributed by atoms with Crippen LogP contribution in [0.5, 0.6) is 0 Å². The Labute approximate surface area is 144 Å². The van der Waals surface area contributed by atoms with Crippen LogP contribution in [0.4, 0.5) is 5.69 Å². The summed E-state index contributed by atoms with van der Waals surface area (Å²) in [5, 5.41) is 3.39. The van der Waals surface area contributed by atoms with Gasteiger partial charge in [-0.05, 0) is 49.0 Å². The number of nitrogens with one attached hydrogen (secondary N) is 2. The molecular formula is C18H17N3O2S. The minimum absolute atomic E-state index is 0.157. The highest BCUT2D eigenvalue weighted by Crippen LogP contribution is 2.10. The molecule has 1 heterocycles. The number of amides is 1. The van der Waals surface area contributed by atoms with E-state index in [0.29, 0.717) is 15.7 Å². The zero-order valence-corrected chi connectivity index (χ0v) is 14.0. The molecule has 2 aromatic carbocycles. The molecule has 5 nitrogen and oxygen atoms in total. The van der Waals surface area contributed by atoms with Crippen LogP contribution < -0.4 is 10.9 Å². The van der Waals surface area contributed by atoms with E-state index in [2.05, 4.69) is 10.3 Å². The van der Waals surface area contributed by atoms with Crippen LogP contribution in [0.1, 0.15) is 12.0 Å². The Balaban J connectivity index is 1.77. The van der Waals surface area contributed by atoms with Crippen molar-refractivity contribution >= 4 is 34.7 Å². The number of fused-ring (bicyclic) bond motifs is 1. The number of aromatic amines is 1. The summed E-state index contributed by atoms with van der Waals surface area (Å²) < 4.78 is 1.75. The number of nitrogens with zero attached hydrogens (tertiary/aromatic N) is 1. The van der Waals surface area contributed by atoms with Crippen LogP contribution in [0, 0.1) is 11.7 Å². The van der Waals surface area contributed by atoms with E-state index in [1.54, 1.807) is 18.2 Å². The van der Waals surface area contributed by atoms with Gasteiger partial charge >= 0.3 is 0 Å².